The highest BCUT2D eigenvalue weighted by molar-refractivity contribution is 5.84. The number of pyridine rings is 1. The molecule has 1 saturated heterocycles. The molecule has 8 heteroatoms. The summed E-state index contributed by atoms with van der Waals surface area (Å²) in [5, 5.41) is 8.01. The molecular formula is C27H27N7O. The molecule has 0 unspecified atom stereocenters. The van der Waals surface area contributed by atoms with Crippen LogP contribution in [0.2, 0.25) is 0 Å². The van der Waals surface area contributed by atoms with Gasteiger partial charge in [-0.2, -0.15) is 5.10 Å². The van der Waals surface area contributed by atoms with Gasteiger partial charge in [-0.3, -0.25) is 4.68 Å². The minimum absolute atomic E-state index is 0.382. The van der Waals surface area contributed by atoms with E-state index in [1.54, 1.807) is 6.20 Å². The molecule has 1 aliphatic rings. The fraction of sp³-hybridized carbons (Fsp3) is 0.222. The number of hydrogen-bond donors (Lipinski definition) is 2. The molecule has 2 aromatic carbocycles. The number of nitrogen functional groups attached to an aromatic ring is 1. The molecule has 0 amide bonds. The quantitative estimate of drug-likeness (QED) is 0.376. The molecule has 8 nitrogen and oxygen atoms in total. The molecule has 0 spiro atoms. The summed E-state index contributed by atoms with van der Waals surface area (Å²) in [7, 11) is 2.03. The van der Waals surface area contributed by atoms with Crippen molar-refractivity contribution >= 4 is 28.3 Å². The molecule has 35 heavy (non-hydrogen) atoms. The van der Waals surface area contributed by atoms with Crippen molar-refractivity contribution in [3.8, 4) is 22.6 Å². The van der Waals surface area contributed by atoms with E-state index in [4.69, 9.17) is 15.1 Å². The molecule has 1 fully saturated rings. The second-order valence-electron chi connectivity index (χ2n) is 8.91. The van der Waals surface area contributed by atoms with Gasteiger partial charge in [0.15, 0.2) is 5.58 Å². The summed E-state index contributed by atoms with van der Waals surface area (Å²) in [6, 6.07) is 18.6. The number of nitrogens with one attached hydrogen (secondary N) is 1. The first kappa shape index (κ1) is 21.4. The van der Waals surface area contributed by atoms with Gasteiger partial charge in [-0.1, -0.05) is 18.2 Å². The summed E-state index contributed by atoms with van der Waals surface area (Å²) in [6.07, 6.45) is 7.91. The molecule has 0 bridgehead atoms. The maximum atomic E-state index is 6.25. The van der Waals surface area contributed by atoms with Crippen LogP contribution in [0.3, 0.4) is 0 Å². The van der Waals surface area contributed by atoms with Crippen molar-refractivity contribution in [1.82, 2.24) is 25.1 Å². The van der Waals surface area contributed by atoms with Gasteiger partial charge >= 0.3 is 0 Å². The van der Waals surface area contributed by atoms with E-state index in [-0.39, 0.29) is 0 Å². The second-order valence-corrected chi connectivity index (χ2v) is 8.91. The van der Waals surface area contributed by atoms with Gasteiger partial charge < -0.3 is 20.4 Å². The number of rotatable bonds is 5. The number of nitrogens with zero attached hydrogens (tertiary/aromatic N) is 5. The minimum Gasteiger partial charge on any atom is -0.436 e. The molecule has 5 aromatic rings. The molecule has 0 saturated carbocycles. The Labute approximate surface area is 203 Å². The van der Waals surface area contributed by atoms with Gasteiger partial charge in [0.2, 0.25) is 5.89 Å². The maximum Gasteiger partial charge on any atom is 0.231 e. The van der Waals surface area contributed by atoms with E-state index in [1.165, 1.54) is 0 Å². The van der Waals surface area contributed by atoms with E-state index in [9.17, 15) is 0 Å². The van der Waals surface area contributed by atoms with Crippen molar-refractivity contribution in [3.05, 3.63) is 73.2 Å². The van der Waals surface area contributed by atoms with Crippen molar-refractivity contribution in [2.45, 2.75) is 18.9 Å². The molecule has 0 aliphatic carbocycles. The normalized spacial score (nSPS) is 14.4. The minimum atomic E-state index is 0.382. The molecular weight excluding hydrogens is 438 g/mol. The topological polar surface area (TPSA) is 98.0 Å². The van der Waals surface area contributed by atoms with Gasteiger partial charge in [-0.05, 0) is 56.3 Å². The lowest BCUT2D eigenvalue weighted by Crippen LogP contribution is -2.29. The van der Waals surface area contributed by atoms with Crippen LogP contribution in [0.25, 0.3) is 33.7 Å². The monoisotopic (exact) mass is 465 g/mol. The van der Waals surface area contributed by atoms with E-state index in [1.807, 2.05) is 55.7 Å². The Morgan fingerprint density at radius 1 is 1.00 bits per heavy atom. The average molecular weight is 466 g/mol. The van der Waals surface area contributed by atoms with Crippen molar-refractivity contribution < 1.29 is 4.42 Å². The number of nitrogens with two attached hydrogens (primary N) is 1. The van der Waals surface area contributed by atoms with E-state index >= 15 is 0 Å². The number of aromatic nitrogens is 4. The molecule has 1 aliphatic heterocycles. The SMILES string of the molecule is CN(c1ccccc1)c1ccc2nc(-c3cc(-c4cnn(C5CCNCC5)c4)cnc3N)oc2c1. The summed E-state index contributed by atoms with van der Waals surface area (Å²) in [6.45, 7) is 2.04. The molecule has 3 N–H and O–H groups in total. The van der Waals surface area contributed by atoms with Gasteiger partial charge in [0.1, 0.15) is 11.3 Å². The largest absolute Gasteiger partial charge is 0.436 e. The lowest BCUT2D eigenvalue weighted by Gasteiger charge is -2.22. The highest BCUT2D eigenvalue weighted by Crippen LogP contribution is 2.34. The lowest BCUT2D eigenvalue weighted by molar-refractivity contribution is 0.343. The maximum absolute atomic E-state index is 6.25. The summed E-state index contributed by atoms with van der Waals surface area (Å²) >= 11 is 0. The van der Waals surface area contributed by atoms with Crippen molar-refractivity contribution in [1.29, 1.82) is 0 Å². The van der Waals surface area contributed by atoms with Crippen LogP contribution in [0.5, 0.6) is 0 Å². The number of fused-ring (bicyclic) bond motifs is 1. The Morgan fingerprint density at radius 2 is 1.83 bits per heavy atom. The molecule has 0 atom stereocenters. The zero-order chi connectivity index (χ0) is 23.8. The first-order chi connectivity index (χ1) is 17.2. The van der Waals surface area contributed by atoms with Gasteiger partial charge in [0.05, 0.1) is 17.8 Å². The predicted molar refractivity (Wildman–Crippen MR) is 139 cm³/mol. The first-order valence-electron chi connectivity index (χ1n) is 11.9. The van der Waals surface area contributed by atoms with Gasteiger partial charge in [0, 0.05) is 48.0 Å². The smallest absolute Gasteiger partial charge is 0.231 e. The summed E-state index contributed by atoms with van der Waals surface area (Å²) in [5.41, 5.74) is 12.4. The van der Waals surface area contributed by atoms with Crippen molar-refractivity contribution in [3.63, 3.8) is 0 Å². The van der Waals surface area contributed by atoms with Crippen LogP contribution in [0.4, 0.5) is 17.2 Å². The summed E-state index contributed by atoms with van der Waals surface area (Å²) in [4.78, 5) is 11.2. The van der Waals surface area contributed by atoms with Gasteiger partial charge in [0.25, 0.3) is 0 Å². The van der Waals surface area contributed by atoms with E-state index in [0.29, 0.717) is 28.9 Å². The Bertz CT molecular complexity index is 1470. The third-order valence-electron chi connectivity index (χ3n) is 6.67. The molecule has 3 aromatic heterocycles. The highest BCUT2D eigenvalue weighted by atomic mass is 16.3. The Balaban J connectivity index is 1.31. The zero-order valence-electron chi connectivity index (χ0n) is 19.6. The average Bonchev–Trinajstić information content (AvgIpc) is 3.57. The van der Waals surface area contributed by atoms with Crippen LogP contribution in [0, 0.1) is 0 Å². The van der Waals surface area contributed by atoms with Crippen LogP contribution >= 0.6 is 0 Å². The summed E-state index contributed by atoms with van der Waals surface area (Å²) < 4.78 is 8.23. The number of benzene rings is 2. The van der Waals surface area contributed by atoms with E-state index in [2.05, 4.69) is 43.3 Å². The Hall–Kier alpha value is -4.17. The van der Waals surface area contributed by atoms with Crippen LogP contribution in [-0.4, -0.2) is 39.9 Å². The fourth-order valence-corrected chi connectivity index (χ4v) is 4.60. The fourth-order valence-electron chi connectivity index (χ4n) is 4.60. The molecule has 6 rings (SSSR count). The van der Waals surface area contributed by atoms with Crippen LogP contribution in [0.1, 0.15) is 18.9 Å². The molecule has 0 radical (unpaired) electrons. The van der Waals surface area contributed by atoms with E-state index < -0.39 is 0 Å². The highest BCUT2D eigenvalue weighted by Gasteiger charge is 2.18. The predicted octanol–water partition coefficient (Wildman–Crippen LogP) is 5.03. The third kappa shape index (κ3) is 4.13. The van der Waals surface area contributed by atoms with Crippen LogP contribution in [-0.2, 0) is 0 Å². The molecule has 4 heterocycles. The standard InChI is InChI=1S/C27H27N7O/c1-33(20-5-3-2-4-6-20)22-7-8-24-25(14-22)35-27(32-24)23-13-18(15-30-26(23)28)19-16-31-34(17-19)21-9-11-29-12-10-21/h2-8,13-17,21,29H,9-12H2,1H3,(H2,28,30). The third-order valence-corrected chi connectivity index (χ3v) is 6.67. The lowest BCUT2D eigenvalue weighted by atomic mass is 10.1. The van der Waals surface area contributed by atoms with Gasteiger partial charge in [-0.15, -0.1) is 0 Å². The molecule has 176 valence electrons. The van der Waals surface area contributed by atoms with Crippen molar-refractivity contribution in [2.24, 2.45) is 0 Å². The van der Waals surface area contributed by atoms with E-state index in [0.717, 1.165) is 53.9 Å². The zero-order valence-corrected chi connectivity index (χ0v) is 19.6. The van der Waals surface area contributed by atoms with Crippen LogP contribution in [0.15, 0.2) is 77.6 Å². The second kappa shape index (κ2) is 8.88. The number of hydrogen-bond acceptors (Lipinski definition) is 7. The summed E-state index contributed by atoms with van der Waals surface area (Å²) in [5.74, 6) is 0.838. The number of piperidine rings is 1. The Morgan fingerprint density at radius 3 is 2.66 bits per heavy atom. The Kier molecular flexibility index (Phi) is 5.42. The van der Waals surface area contributed by atoms with Crippen molar-refractivity contribution in [2.75, 3.05) is 30.8 Å². The first-order valence-corrected chi connectivity index (χ1v) is 11.9. The number of anilines is 3. The number of para-hydroxylation sites is 1. The number of oxazole rings is 1. The van der Waals surface area contributed by atoms with Gasteiger partial charge in [-0.25, -0.2) is 9.97 Å². The van der Waals surface area contributed by atoms with Crippen LogP contribution < -0.4 is 16.0 Å².